The lowest BCUT2D eigenvalue weighted by molar-refractivity contribution is -0.113. The van der Waals surface area contributed by atoms with E-state index < -0.39 is 0 Å². The summed E-state index contributed by atoms with van der Waals surface area (Å²) >= 11 is 2.87. The third kappa shape index (κ3) is 4.43. The summed E-state index contributed by atoms with van der Waals surface area (Å²) in [7, 11) is 0. The molecule has 0 unspecified atom stereocenters. The van der Waals surface area contributed by atoms with Gasteiger partial charge in [-0.05, 0) is 48.9 Å². The molecule has 0 aliphatic heterocycles. The lowest BCUT2D eigenvalue weighted by atomic mass is 10.2. The summed E-state index contributed by atoms with van der Waals surface area (Å²) < 4.78 is 13.8. The molecule has 0 atom stereocenters. The zero-order valence-corrected chi connectivity index (χ0v) is 14.6. The van der Waals surface area contributed by atoms with Crippen LogP contribution in [0.2, 0.25) is 0 Å². The molecular formula is C18H15FN2OS2. The van der Waals surface area contributed by atoms with Crippen LogP contribution in [0.25, 0.3) is 11.3 Å². The molecule has 0 saturated heterocycles. The summed E-state index contributed by atoms with van der Waals surface area (Å²) in [4.78, 5) is 16.5. The minimum atomic E-state index is -0.267. The van der Waals surface area contributed by atoms with E-state index in [-0.39, 0.29) is 11.7 Å². The number of hydrogen-bond acceptors (Lipinski definition) is 4. The first-order valence-corrected chi connectivity index (χ1v) is 9.17. The largest absolute Gasteiger partial charge is 0.325 e. The van der Waals surface area contributed by atoms with Crippen LogP contribution in [0.3, 0.4) is 0 Å². The van der Waals surface area contributed by atoms with Crippen molar-refractivity contribution in [3.05, 3.63) is 65.3 Å². The van der Waals surface area contributed by atoms with Crippen LogP contribution in [0, 0.1) is 12.7 Å². The van der Waals surface area contributed by atoms with Crippen LogP contribution >= 0.6 is 23.1 Å². The third-order valence-corrected chi connectivity index (χ3v) is 5.27. The number of rotatable bonds is 5. The lowest BCUT2D eigenvalue weighted by Gasteiger charge is -2.04. The molecule has 0 saturated carbocycles. The van der Waals surface area contributed by atoms with Gasteiger partial charge in [-0.3, -0.25) is 4.79 Å². The summed E-state index contributed by atoms with van der Waals surface area (Å²) in [6.07, 6.45) is 0. The number of nitrogens with zero attached hydrogens (tertiary/aromatic N) is 1. The van der Waals surface area contributed by atoms with Crippen LogP contribution in [0.4, 0.5) is 10.1 Å². The van der Waals surface area contributed by atoms with E-state index >= 15 is 0 Å². The first-order valence-electron chi connectivity index (χ1n) is 7.31. The SMILES string of the molecule is Cc1cccc(NC(=O)CSc2nc(-c3ccc(F)cc3)cs2)c1. The van der Waals surface area contributed by atoms with Gasteiger partial charge in [-0.25, -0.2) is 9.37 Å². The topological polar surface area (TPSA) is 42.0 Å². The predicted octanol–water partition coefficient (Wildman–Crippen LogP) is 4.99. The van der Waals surface area contributed by atoms with Crippen LogP contribution in [0.15, 0.2) is 58.3 Å². The van der Waals surface area contributed by atoms with Gasteiger partial charge in [0.15, 0.2) is 4.34 Å². The highest BCUT2D eigenvalue weighted by atomic mass is 32.2. The van der Waals surface area contributed by atoms with Crippen molar-refractivity contribution >= 4 is 34.7 Å². The third-order valence-electron chi connectivity index (χ3n) is 3.25. The van der Waals surface area contributed by atoms with Gasteiger partial charge < -0.3 is 5.32 Å². The van der Waals surface area contributed by atoms with Gasteiger partial charge in [-0.15, -0.1) is 11.3 Å². The number of aryl methyl sites for hydroxylation is 1. The Balaban J connectivity index is 1.57. The molecule has 0 aliphatic carbocycles. The highest BCUT2D eigenvalue weighted by molar-refractivity contribution is 8.01. The number of thioether (sulfide) groups is 1. The Hall–Kier alpha value is -2.18. The van der Waals surface area contributed by atoms with Crippen LogP contribution in [0.1, 0.15) is 5.56 Å². The Bertz CT molecular complexity index is 846. The van der Waals surface area contributed by atoms with E-state index in [0.29, 0.717) is 5.75 Å². The molecule has 0 fully saturated rings. The first kappa shape index (κ1) is 16.7. The van der Waals surface area contributed by atoms with E-state index in [4.69, 9.17) is 0 Å². The van der Waals surface area contributed by atoms with Crippen molar-refractivity contribution in [2.24, 2.45) is 0 Å². The van der Waals surface area contributed by atoms with E-state index in [0.717, 1.165) is 26.8 Å². The molecule has 122 valence electrons. The molecule has 0 bridgehead atoms. The zero-order valence-electron chi connectivity index (χ0n) is 13.0. The van der Waals surface area contributed by atoms with E-state index in [9.17, 15) is 9.18 Å². The Morgan fingerprint density at radius 2 is 2.04 bits per heavy atom. The van der Waals surface area contributed by atoms with Gasteiger partial charge in [-0.2, -0.15) is 0 Å². The van der Waals surface area contributed by atoms with Crippen LogP contribution < -0.4 is 5.32 Å². The van der Waals surface area contributed by atoms with Gasteiger partial charge in [0.2, 0.25) is 5.91 Å². The molecule has 1 aromatic heterocycles. The monoisotopic (exact) mass is 358 g/mol. The second-order valence-corrected chi connectivity index (χ2v) is 7.29. The molecule has 3 rings (SSSR count). The summed E-state index contributed by atoms with van der Waals surface area (Å²) in [5.74, 6) is -0.0369. The Morgan fingerprint density at radius 3 is 2.79 bits per heavy atom. The van der Waals surface area contributed by atoms with Crippen molar-refractivity contribution < 1.29 is 9.18 Å². The molecule has 6 heteroatoms. The number of nitrogens with one attached hydrogen (secondary N) is 1. The second kappa shape index (κ2) is 7.59. The standard InChI is InChI=1S/C18H15FN2OS2/c1-12-3-2-4-15(9-12)20-17(22)11-24-18-21-16(10-23-18)13-5-7-14(19)8-6-13/h2-10H,11H2,1H3,(H,20,22). The molecule has 3 aromatic rings. The van der Waals surface area contributed by atoms with Gasteiger partial charge in [-0.1, -0.05) is 23.9 Å². The summed E-state index contributed by atoms with van der Waals surface area (Å²) in [5, 5.41) is 4.78. The van der Waals surface area contributed by atoms with Gasteiger partial charge >= 0.3 is 0 Å². The quantitative estimate of drug-likeness (QED) is 0.654. The maximum Gasteiger partial charge on any atom is 0.234 e. The van der Waals surface area contributed by atoms with Crippen LogP contribution in [-0.2, 0) is 4.79 Å². The number of amides is 1. The Kier molecular flexibility index (Phi) is 5.27. The molecule has 1 heterocycles. The molecular weight excluding hydrogens is 343 g/mol. The number of thiazole rings is 1. The van der Waals surface area contributed by atoms with E-state index in [1.54, 1.807) is 12.1 Å². The highest BCUT2D eigenvalue weighted by Crippen LogP contribution is 2.28. The van der Waals surface area contributed by atoms with Crippen molar-refractivity contribution in [2.75, 3.05) is 11.1 Å². The van der Waals surface area contributed by atoms with Crippen LogP contribution in [-0.4, -0.2) is 16.6 Å². The van der Waals surface area contributed by atoms with Gasteiger partial charge in [0.1, 0.15) is 5.82 Å². The first-order chi connectivity index (χ1) is 11.6. The number of carbonyl (C=O) groups excluding carboxylic acids is 1. The number of carbonyl (C=O) groups is 1. The molecule has 1 amide bonds. The maximum absolute atomic E-state index is 13.0. The smallest absolute Gasteiger partial charge is 0.234 e. The van der Waals surface area contributed by atoms with Crippen molar-refractivity contribution in [3.63, 3.8) is 0 Å². The predicted molar refractivity (Wildman–Crippen MR) is 98.0 cm³/mol. The number of benzene rings is 2. The minimum absolute atomic E-state index is 0.0656. The number of anilines is 1. The lowest BCUT2D eigenvalue weighted by Crippen LogP contribution is -2.13. The van der Waals surface area contributed by atoms with Crippen molar-refractivity contribution in [3.8, 4) is 11.3 Å². The van der Waals surface area contributed by atoms with Gasteiger partial charge in [0.25, 0.3) is 0 Å². The molecule has 3 nitrogen and oxygen atoms in total. The molecule has 0 aliphatic rings. The Morgan fingerprint density at radius 1 is 1.25 bits per heavy atom. The zero-order chi connectivity index (χ0) is 16.9. The molecule has 1 N–H and O–H groups in total. The molecule has 2 aromatic carbocycles. The number of aromatic nitrogens is 1. The minimum Gasteiger partial charge on any atom is -0.325 e. The van der Waals surface area contributed by atoms with E-state index in [1.165, 1.54) is 35.2 Å². The fourth-order valence-electron chi connectivity index (χ4n) is 2.12. The van der Waals surface area contributed by atoms with Crippen LogP contribution in [0.5, 0.6) is 0 Å². The van der Waals surface area contributed by atoms with E-state index in [2.05, 4.69) is 10.3 Å². The summed E-state index contributed by atoms with van der Waals surface area (Å²) in [6.45, 7) is 1.98. The second-order valence-electron chi connectivity index (χ2n) is 5.21. The molecule has 0 spiro atoms. The van der Waals surface area contributed by atoms with Gasteiger partial charge in [0.05, 0.1) is 11.4 Å². The van der Waals surface area contributed by atoms with Crippen molar-refractivity contribution in [1.29, 1.82) is 0 Å². The van der Waals surface area contributed by atoms with Crippen molar-refractivity contribution in [1.82, 2.24) is 4.98 Å². The summed E-state index contributed by atoms with van der Waals surface area (Å²) in [6, 6.07) is 13.9. The maximum atomic E-state index is 13.0. The van der Waals surface area contributed by atoms with Crippen molar-refractivity contribution in [2.45, 2.75) is 11.3 Å². The molecule has 24 heavy (non-hydrogen) atoms. The molecule has 0 radical (unpaired) electrons. The van der Waals surface area contributed by atoms with E-state index in [1.807, 2.05) is 36.6 Å². The fraction of sp³-hybridized carbons (Fsp3) is 0.111. The normalized spacial score (nSPS) is 10.6. The highest BCUT2D eigenvalue weighted by Gasteiger charge is 2.08. The summed E-state index contributed by atoms with van der Waals surface area (Å²) in [5.41, 5.74) is 3.56. The average Bonchev–Trinajstić information content (AvgIpc) is 3.03. The average molecular weight is 358 g/mol. The number of hydrogen-bond donors (Lipinski definition) is 1. The fourth-order valence-corrected chi connectivity index (χ4v) is 3.76. The van der Waals surface area contributed by atoms with Gasteiger partial charge in [0, 0.05) is 16.6 Å². The number of halogens is 1. The Labute approximate surface area is 148 Å².